The van der Waals surface area contributed by atoms with Crippen LogP contribution in [0.15, 0.2) is 16.7 Å². The van der Waals surface area contributed by atoms with E-state index in [2.05, 4.69) is 14.7 Å². The highest BCUT2D eigenvalue weighted by atomic mass is 19.4. The normalized spacial score (nSPS) is 17.3. The molecule has 0 fully saturated rings. The number of carbonyl (C=O) groups is 1. The highest BCUT2D eigenvalue weighted by Gasteiger charge is 2.38. The predicted octanol–water partition coefficient (Wildman–Crippen LogP) is 2.65. The van der Waals surface area contributed by atoms with Crippen LogP contribution in [0.4, 0.5) is 17.6 Å². The number of methoxy groups -OCH3 is 1. The molecule has 1 amide bonds. The number of alkyl halides is 3. The van der Waals surface area contributed by atoms with Crippen molar-refractivity contribution in [3.8, 4) is 17.1 Å². The average molecular weight is 389 g/mol. The van der Waals surface area contributed by atoms with E-state index in [4.69, 9.17) is 9.47 Å². The van der Waals surface area contributed by atoms with Crippen molar-refractivity contribution < 1.29 is 36.4 Å². The summed E-state index contributed by atoms with van der Waals surface area (Å²) in [5.74, 6) is -2.94. The van der Waals surface area contributed by atoms with Crippen LogP contribution in [-0.2, 0) is 22.3 Å². The van der Waals surface area contributed by atoms with E-state index in [1.54, 1.807) is 6.92 Å². The maximum atomic E-state index is 14.6. The van der Waals surface area contributed by atoms with E-state index in [9.17, 15) is 22.4 Å². The first-order valence-corrected chi connectivity index (χ1v) is 7.85. The number of ether oxygens (including phenoxy) is 2. The Kier molecular flexibility index (Phi) is 5.05. The van der Waals surface area contributed by atoms with Crippen LogP contribution in [0.5, 0.6) is 5.75 Å². The summed E-state index contributed by atoms with van der Waals surface area (Å²) in [4.78, 5) is 16.8. The molecule has 7 nitrogen and oxygen atoms in total. The molecule has 11 heteroatoms. The molecule has 0 radical (unpaired) electrons. The fourth-order valence-corrected chi connectivity index (χ4v) is 2.65. The second kappa shape index (κ2) is 7.14. The third kappa shape index (κ3) is 3.87. The number of nitrogens with zero attached hydrogens (tertiary/aromatic N) is 3. The molecule has 1 unspecified atom stereocenters. The summed E-state index contributed by atoms with van der Waals surface area (Å²) in [6, 6.07) is 1.94. The van der Waals surface area contributed by atoms with Crippen LogP contribution in [-0.4, -0.2) is 47.3 Å². The number of benzene rings is 1. The van der Waals surface area contributed by atoms with Gasteiger partial charge in [-0.15, -0.1) is 0 Å². The highest BCUT2D eigenvalue weighted by molar-refractivity contribution is 5.78. The molecule has 0 aliphatic carbocycles. The minimum absolute atomic E-state index is 0.0326. The van der Waals surface area contributed by atoms with E-state index in [-0.39, 0.29) is 48.6 Å². The Morgan fingerprint density at radius 1 is 1.41 bits per heavy atom. The molecule has 1 aromatic carbocycles. The van der Waals surface area contributed by atoms with Crippen molar-refractivity contribution in [3.05, 3.63) is 29.4 Å². The van der Waals surface area contributed by atoms with Crippen LogP contribution in [0.3, 0.4) is 0 Å². The van der Waals surface area contributed by atoms with Gasteiger partial charge in [-0.05, 0) is 19.1 Å². The third-order valence-corrected chi connectivity index (χ3v) is 4.01. The Bertz CT molecular complexity index is 853. The van der Waals surface area contributed by atoms with E-state index >= 15 is 0 Å². The summed E-state index contributed by atoms with van der Waals surface area (Å²) in [5.41, 5.74) is 0.0712. The van der Waals surface area contributed by atoms with E-state index in [1.165, 1.54) is 18.1 Å². The number of hydrogen-bond donors (Lipinski definition) is 0. The second-order valence-corrected chi connectivity index (χ2v) is 5.97. The predicted molar refractivity (Wildman–Crippen MR) is 82.1 cm³/mol. The van der Waals surface area contributed by atoms with E-state index in [0.29, 0.717) is 0 Å². The highest BCUT2D eigenvalue weighted by Crippen LogP contribution is 2.34. The van der Waals surface area contributed by atoms with Gasteiger partial charge < -0.3 is 18.9 Å². The molecule has 3 rings (SSSR count). The van der Waals surface area contributed by atoms with Crippen LogP contribution in [0.2, 0.25) is 0 Å². The first kappa shape index (κ1) is 19.1. The lowest BCUT2D eigenvalue weighted by Gasteiger charge is -2.26. The summed E-state index contributed by atoms with van der Waals surface area (Å²) < 4.78 is 67.0. The minimum atomic E-state index is -4.80. The third-order valence-electron chi connectivity index (χ3n) is 4.01. The van der Waals surface area contributed by atoms with E-state index in [0.717, 1.165) is 6.07 Å². The van der Waals surface area contributed by atoms with Crippen molar-refractivity contribution >= 4 is 5.91 Å². The van der Waals surface area contributed by atoms with Crippen LogP contribution >= 0.6 is 0 Å². The maximum Gasteiger partial charge on any atom is 0.471 e. The largest absolute Gasteiger partial charge is 0.491 e. The van der Waals surface area contributed by atoms with Gasteiger partial charge in [0.25, 0.3) is 0 Å². The van der Waals surface area contributed by atoms with Crippen LogP contribution in [0, 0.1) is 5.82 Å². The zero-order valence-electron chi connectivity index (χ0n) is 14.3. The van der Waals surface area contributed by atoms with Gasteiger partial charge in [0.05, 0.1) is 12.6 Å². The monoisotopic (exact) mass is 389 g/mol. The number of halogens is 4. The minimum Gasteiger partial charge on any atom is -0.491 e. The van der Waals surface area contributed by atoms with Gasteiger partial charge in [-0.25, -0.2) is 4.39 Å². The van der Waals surface area contributed by atoms with Crippen LogP contribution in [0.25, 0.3) is 11.4 Å². The Hall–Kier alpha value is -2.69. The molecule has 1 aromatic heterocycles. The van der Waals surface area contributed by atoms with Crippen molar-refractivity contribution in [1.82, 2.24) is 15.0 Å². The number of aromatic nitrogens is 2. The number of fused-ring (bicyclic) bond motifs is 1. The van der Waals surface area contributed by atoms with Crippen molar-refractivity contribution in [2.24, 2.45) is 0 Å². The van der Waals surface area contributed by atoms with Gasteiger partial charge in [-0.3, -0.25) is 4.79 Å². The average Bonchev–Trinajstić information content (AvgIpc) is 3.03. The SMILES string of the molecule is COCC(=O)N1Cc2c(F)cc(-c3noc(C(F)(F)F)n3)cc2OCC1C. The molecule has 0 N–H and O–H groups in total. The molecule has 146 valence electrons. The Labute approximate surface area is 150 Å². The lowest BCUT2D eigenvalue weighted by Crippen LogP contribution is -2.41. The smallest absolute Gasteiger partial charge is 0.471 e. The molecule has 0 saturated carbocycles. The fourth-order valence-electron chi connectivity index (χ4n) is 2.65. The molecule has 0 bridgehead atoms. The molecule has 1 aliphatic rings. The standard InChI is InChI=1S/C16H15F4N3O4/c1-8-6-26-12-4-9(14-21-15(27-22-14)16(18,19)20)3-11(17)10(12)5-23(8)13(24)7-25-2/h3-4,8H,5-7H2,1-2H3. The van der Waals surface area contributed by atoms with Crippen molar-refractivity contribution in [2.45, 2.75) is 25.7 Å². The first-order valence-electron chi connectivity index (χ1n) is 7.85. The molecule has 2 heterocycles. The van der Waals surface area contributed by atoms with Crippen LogP contribution in [0.1, 0.15) is 18.4 Å². The zero-order valence-corrected chi connectivity index (χ0v) is 14.3. The molecule has 0 saturated heterocycles. The first-order chi connectivity index (χ1) is 12.7. The summed E-state index contributed by atoms with van der Waals surface area (Å²) in [6.45, 7) is 1.58. The summed E-state index contributed by atoms with van der Waals surface area (Å²) in [5, 5.41) is 3.24. The molecular formula is C16H15F4N3O4. The lowest BCUT2D eigenvalue weighted by atomic mass is 10.1. The Morgan fingerprint density at radius 2 is 2.15 bits per heavy atom. The van der Waals surface area contributed by atoms with Gasteiger partial charge in [-0.2, -0.15) is 18.2 Å². The number of carbonyl (C=O) groups excluding carboxylic acids is 1. The summed E-state index contributed by atoms with van der Waals surface area (Å²) >= 11 is 0. The fraction of sp³-hybridized carbons (Fsp3) is 0.438. The lowest BCUT2D eigenvalue weighted by molar-refractivity contribution is -0.159. The van der Waals surface area contributed by atoms with Gasteiger partial charge >= 0.3 is 12.1 Å². The topological polar surface area (TPSA) is 77.7 Å². The van der Waals surface area contributed by atoms with Gasteiger partial charge in [-0.1, -0.05) is 5.16 Å². The summed E-state index contributed by atoms with van der Waals surface area (Å²) in [7, 11) is 1.37. The van der Waals surface area contributed by atoms with E-state index < -0.39 is 23.7 Å². The molecule has 1 atom stereocenters. The van der Waals surface area contributed by atoms with Gasteiger partial charge in [0.15, 0.2) is 0 Å². The number of amides is 1. The molecular weight excluding hydrogens is 374 g/mol. The molecule has 0 spiro atoms. The Morgan fingerprint density at radius 3 is 2.78 bits per heavy atom. The van der Waals surface area contributed by atoms with Gasteiger partial charge in [0, 0.05) is 18.2 Å². The number of rotatable bonds is 3. The van der Waals surface area contributed by atoms with Crippen LogP contribution < -0.4 is 4.74 Å². The number of hydrogen-bond acceptors (Lipinski definition) is 6. The summed E-state index contributed by atoms with van der Waals surface area (Å²) in [6.07, 6.45) is -4.80. The van der Waals surface area contributed by atoms with Gasteiger partial charge in [0.1, 0.15) is 24.8 Å². The quantitative estimate of drug-likeness (QED) is 0.752. The Balaban J connectivity index is 1.95. The molecule has 2 aromatic rings. The molecule has 27 heavy (non-hydrogen) atoms. The van der Waals surface area contributed by atoms with Crippen molar-refractivity contribution in [1.29, 1.82) is 0 Å². The van der Waals surface area contributed by atoms with Gasteiger partial charge in [0.2, 0.25) is 11.7 Å². The second-order valence-electron chi connectivity index (χ2n) is 5.97. The van der Waals surface area contributed by atoms with E-state index in [1.807, 2.05) is 0 Å². The molecule has 1 aliphatic heterocycles. The van der Waals surface area contributed by atoms with Crippen molar-refractivity contribution in [3.63, 3.8) is 0 Å². The zero-order chi connectivity index (χ0) is 19.8. The van der Waals surface area contributed by atoms with Crippen molar-refractivity contribution in [2.75, 3.05) is 20.3 Å². The maximum absolute atomic E-state index is 14.6.